The van der Waals surface area contributed by atoms with E-state index in [2.05, 4.69) is 4.98 Å². The molecule has 4 heteroatoms. The van der Waals surface area contributed by atoms with Gasteiger partial charge in [-0.05, 0) is 18.2 Å². The highest BCUT2D eigenvalue weighted by Crippen LogP contribution is 2.07. The minimum atomic E-state index is -0.112. The molecule has 3 aromatic rings. The first-order valence-electron chi connectivity index (χ1n) is 5.58. The molecule has 0 amide bonds. The fourth-order valence-electron chi connectivity index (χ4n) is 1.91. The molecule has 18 heavy (non-hydrogen) atoms. The molecule has 2 radical (unpaired) electrons. The van der Waals surface area contributed by atoms with E-state index in [-0.39, 0.29) is 5.56 Å². The Balaban J connectivity index is 2.33. The van der Waals surface area contributed by atoms with Crippen molar-refractivity contribution in [2.75, 3.05) is 0 Å². The summed E-state index contributed by atoms with van der Waals surface area (Å²) < 4.78 is 1.52. The van der Waals surface area contributed by atoms with Crippen LogP contribution in [0.4, 0.5) is 0 Å². The van der Waals surface area contributed by atoms with E-state index >= 15 is 0 Å². The fraction of sp³-hybridized carbons (Fsp3) is 0. The van der Waals surface area contributed by atoms with Crippen molar-refractivity contribution in [2.45, 2.75) is 0 Å². The number of hydrogen-bond donors (Lipinski definition) is 0. The minimum absolute atomic E-state index is 0.112. The van der Waals surface area contributed by atoms with Gasteiger partial charge in [0, 0.05) is 0 Å². The molecule has 0 aliphatic heterocycles. The van der Waals surface area contributed by atoms with Crippen LogP contribution in [0.3, 0.4) is 0 Å². The van der Waals surface area contributed by atoms with E-state index in [4.69, 9.17) is 7.85 Å². The standard InChI is InChI=1S/C14H9BN2O/c15-10-6-7-13-12(8-10)14(18)17(9-16-13)11-4-2-1-3-5-11/h1-9H. The number of aromatic nitrogens is 2. The van der Waals surface area contributed by atoms with Gasteiger partial charge in [-0.3, -0.25) is 9.36 Å². The molecule has 0 saturated carbocycles. The Morgan fingerprint density at radius 2 is 1.83 bits per heavy atom. The average molecular weight is 232 g/mol. The number of rotatable bonds is 1. The quantitative estimate of drug-likeness (QED) is 0.590. The summed E-state index contributed by atoms with van der Waals surface area (Å²) in [6, 6.07) is 14.5. The van der Waals surface area contributed by atoms with Crippen LogP contribution >= 0.6 is 0 Å². The Kier molecular flexibility index (Phi) is 2.48. The van der Waals surface area contributed by atoms with E-state index in [9.17, 15) is 4.79 Å². The van der Waals surface area contributed by atoms with Crippen LogP contribution in [0.25, 0.3) is 16.6 Å². The molecule has 3 nitrogen and oxygen atoms in total. The molecule has 0 saturated heterocycles. The average Bonchev–Trinajstić information content (AvgIpc) is 2.41. The summed E-state index contributed by atoms with van der Waals surface area (Å²) in [5, 5.41) is 0.529. The van der Waals surface area contributed by atoms with E-state index in [0.29, 0.717) is 16.4 Å². The van der Waals surface area contributed by atoms with Gasteiger partial charge in [-0.1, -0.05) is 35.8 Å². The van der Waals surface area contributed by atoms with Gasteiger partial charge in [-0.2, -0.15) is 0 Å². The monoisotopic (exact) mass is 232 g/mol. The summed E-state index contributed by atoms with van der Waals surface area (Å²) in [7, 11) is 5.71. The van der Waals surface area contributed by atoms with Crippen LogP contribution in [-0.2, 0) is 0 Å². The molecule has 1 heterocycles. The van der Waals surface area contributed by atoms with Gasteiger partial charge in [-0.15, -0.1) is 0 Å². The second-order valence-corrected chi connectivity index (χ2v) is 4.03. The van der Waals surface area contributed by atoms with Gasteiger partial charge in [0.1, 0.15) is 14.2 Å². The fourth-order valence-corrected chi connectivity index (χ4v) is 1.91. The highest BCUT2D eigenvalue weighted by molar-refractivity contribution is 6.33. The molecule has 0 bridgehead atoms. The van der Waals surface area contributed by atoms with Gasteiger partial charge < -0.3 is 0 Å². The van der Waals surface area contributed by atoms with Crippen molar-refractivity contribution in [2.24, 2.45) is 0 Å². The second-order valence-electron chi connectivity index (χ2n) is 4.03. The smallest absolute Gasteiger partial charge is 0.265 e. The van der Waals surface area contributed by atoms with Crippen LogP contribution in [0.5, 0.6) is 0 Å². The second kappa shape index (κ2) is 4.15. The lowest BCUT2D eigenvalue weighted by Gasteiger charge is -2.06. The number of hydrogen-bond acceptors (Lipinski definition) is 2. The summed E-state index contributed by atoms with van der Waals surface area (Å²) >= 11 is 0. The van der Waals surface area contributed by atoms with Crippen molar-refractivity contribution in [1.82, 2.24) is 9.55 Å². The van der Waals surface area contributed by atoms with Crippen molar-refractivity contribution in [3.05, 3.63) is 65.2 Å². The first-order valence-corrected chi connectivity index (χ1v) is 5.58. The van der Waals surface area contributed by atoms with Gasteiger partial charge >= 0.3 is 0 Å². The summed E-state index contributed by atoms with van der Waals surface area (Å²) in [5.74, 6) is 0. The van der Waals surface area contributed by atoms with Crippen molar-refractivity contribution < 1.29 is 0 Å². The first-order chi connectivity index (χ1) is 8.75. The molecular formula is C14H9BN2O. The number of benzene rings is 2. The number of para-hydroxylation sites is 1. The molecule has 84 valence electrons. The zero-order valence-electron chi connectivity index (χ0n) is 9.58. The molecule has 0 atom stereocenters. The molecular weight excluding hydrogens is 223 g/mol. The lowest BCUT2D eigenvalue weighted by Crippen LogP contribution is -2.20. The maximum absolute atomic E-state index is 12.3. The van der Waals surface area contributed by atoms with Gasteiger partial charge in [-0.25, -0.2) is 4.98 Å². The number of fused-ring (bicyclic) bond motifs is 1. The summed E-state index contributed by atoms with van der Waals surface area (Å²) in [4.78, 5) is 16.6. The third-order valence-electron chi connectivity index (χ3n) is 2.82. The van der Waals surface area contributed by atoms with Gasteiger partial charge in [0.25, 0.3) is 5.56 Å². The maximum Gasteiger partial charge on any atom is 0.265 e. The zero-order valence-corrected chi connectivity index (χ0v) is 9.58. The van der Waals surface area contributed by atoms with E-state index in [0.717, 1.165) is 5.69 Å². The van der Waals surface area contributed by atoms with E-state index in [1.54, 1.807) is 18.2 Å². The largest absolute Gasteiger partial charge is 0.268 e. The van der Waals surface area contributed by atoms with Crippen molar-refractivity contribution >= 4 is 24.2 Å². The van der Waals surface area contributed by atoms with Crippen LogP contribution in [0.1, 0.15) is 0 Å². The molecule has 1 aromatic heterocycles. The zero-order chi connectivity index (χ0) is 12.5. The summed E-state index contributed by atoms with van der Waals surface area (Å²) in [5.41, 5.74) is 1.89. The molecule has 0 unspecified atom stereocenters. The Labute approximate surface area is 105 Å². The third kappa shape index (κ3) is 1.72. The first kappa shape index (κ1) is 10.8. The third-order valence-corrected chi connectivity index (χ3v) is 2.82. The predicted octanol–water partition coefficient (Wildman–Crippen LogP) is 1.18. The van der Waals surface area contributed by atoms with Crippen molar-refractivity contribution in [1.29, 1.82) is 0 Å². The highest BCUT2D eigenvalue weighted by atomic mass is 16.1. The van der Waals surface area contributed by atoms with Gasteiger partial charge in [0.15, 0.2) is 0 Å². The molecule has 0 aliphatic carbocycles. The van der Waals surface area contributed by atoms with Crippen LogP contribution in [0.15, 0.2) is 59.7 Å². The topological polar surface area (TPSA) is 34.9 Å². The minimum Gasteiger partial charge on any atom is -0.268 e. The lowest BCUT2D eigenvalue weighted by molar-refractivity contribution is 0.963. The number of nitrogens with zero attached hydrogens (tertiary/aromatic N) is 2. The van der Waals surface area contributed by atoms with E-state index in [1.807, 2.05) is 30.3 Å². The van der Waals surface area contributed by atoms with E-state index in [1.165, 1.54) is 10.9 Å². The molecule has 2 aromatic carbocycles. The maximum atomic E-state index is 12.3. The molecule has 0 fully saturated rings. The van der Waals surface area contributed by atoms with Crippen LogP contribution in [-0.4, -0.2) is 17.4 Å². The summed E-state index contributed by atoms with van der Waals surface area (Å²) in [6.45, 7) is 0. The lowest BCUT2D eigenvalue weighted by atomic mass is 9.95. The van der Waals surface area contributed by atoms with Crippen molar-refractivity contribution in [3.8, 4) is 5.69 Å². The molecule has 3 rings (SSSR count). The SMILES string of the molecule is [B]c1ccc2ncn(-c3ccccc3)c(=O)c2c1. The normalized spacial score (nSPS) is 10.7. The van der Waals surface area contributed by atoms with Crippen LogP contribution < -0.4 is 11.0 Å². The Morgan fingerprint density at radius 3 is 2.61 bits per heavy atom. The Bertz CT molecular complexity index is 766. The predicted molar refractivity (Wildman–Crippen MR) is 72.7 cm³/mol. The molecule has 0 aliphatic rings. The van der Waals surface area contributed by atoms with Crippen molar-refractivity contribution in [3.63, 3.8) is 0 Å². The van der Waals surface area contributed by atoms with Crippen LogP contribution in [0, 0.1) is 0 Å². The Hall–Kier alpha value is -2.36. The van der Waals surface area contributed by atoms with Gasteiger partial charge in [0.05, 0.1) is 16.6 Å². The molecule has 0 N–H and O–H groups in total. The highest BCUT2D eigenvalue weighted by Gasteiger charge is 2.05. The summed E-state index contributed by atoms with van der Waals surface area (Å²) in [6.07, 6.45) is 1.54. The van der Waals surface area contributed by atoms with Crippen LogP contribution in [0.2, 0.25) is 0 Å². The van der Waals surface area contributed by atoms with E-state index < -0.39 is 0 Å². The Morgan fingerprint density at radius 1 is 1.06 bits per heavy atom. The van der Waals surface area contributed by atoms with Gasteiger partial charge in [0.2, 0.25) is 0 Å². The molecule has 0 spiro atoms.